The molecule has 0 unspecified atom stereocenters. The number of H-pyrrole nitrogens is 1. The molecule has 1 aromatic carbocycles. The van der Waals surface area contributed by atoms with Crippen LogP contribution in [0.2, 0.25) is 0 Å². The maximum atomic E-state index is 12.5. The Labute approximate surface area is 129 Å². The highest BCUT2D eigenvalue weighted by atomic mass is 16.5. The Morgan fingerprint density at radius 3 is 3.14 bits per heavy atom. The molecule has 3 rings (SSSR count). The van der Waals surface area contributed by atoms with Crippen molar-refractivity contribution in [3.05, 3.63) is 53.4 Å². The summed E-state index contributed by atoms with van der Waals surface area (Å²) in [5.74, 6) is 0.825. The standard InChI is InChI=1S/C17H19N3O2/c1-12(13-4-3-5-15(9-13)22-2)8-17(21)20-7-6-16-14(11-20)10-18-19-16/h3-5,8-10H,6-7,11H2,1-2H3,(H,18,19)/b12-8+. The largest absolute Gasteiger partial charge is 0.497 e. The second-order valence-electron chi connectivity index (χ2n) is 5.44. The van der Waals surface area contributed by atoms with Gasteiger partial charge in [0.15, 0.2) is 0 Å². The van der Waals surface area contributed by atoms with Gasteiger partial charge in [-0.05, 0) is 30.2 Å². The van der Waals surface area contributed by atoms with Gasteiger partial charge in [-0.25, -0.2) is 0 Å². The molecule has 0 bridgehead atoms. The number of methoxy groups -OCH3 is 1. The number of fused-ring (bicyclic) bond motifs is 1. The summed E-state index contributed by atoms with van der Waals surface area (Å²) in [5.41, 5.74) is 4.17. The summed E-state index contributed by atoms with van der Waals surface area (Å²) in [5, 5.41) is 7.01. The number of benzene rings is 1. The summed E-state index contributed by atoms with van der Waals surface area (Å²) >= 11 is 0. The van der Waals surface area contributed by atoms with Gasteiger partial charge in [0.25, 0.3) is 0 Å². The molecular formula is C17H19N3O2. The fraction of sp³-hybridized carbons (Fsp3) is 0.294. The van der Waals surface area contributed by atoms with Crippen LogP contribution >= 0.6 is 0 Å². The van der Waals surface area contributed by atoms with Crippen molar-refractivity contribution >= 4 is 11.5 Å². The number of aromatic nitrogens is 2. The molecule has 0 saturated carbocycles. The third kappa shape index (κ3) is 2.88. The van der Waals surface area contributed by atoms with Crippen LogP contribution < -0.4 is 4.74 Å². The maximum Gasteiger partial charge on any atom is 0.247 e. The summed E-state index contributed by atoms with van der Waals surface area (Å²) in [6.07, 6.45) is 4.32. The lowest BCUT2D eigenvalue weighted by Gasteiger charge is -2.25. The molecule has 1 aliphatic heterocycles. The fourth-order valence-corrected chi connectivity index (χ4v) is 2.64. The minimum atomic E-state index is 0.0344. The first kappa shape index (κ1) is 14.4. The van der Waals surface area contributed by atoms with Crippen LogP contribution in [0.3, 0.4) is 0 Å². The molecule has 22 heavy (non-hydrogen) atoms. The van der Waals surface area contributed by atoms with Crippen LogP contribution in [0.4, 0.5) is 0 Å². The lowest BCUT2D eigenvalue weighted by Crippen LogP contribution is -2.34. The highest BCUT2D eigenvalue weighted by Crippen LogP contribution is 2.21. The van der Waals surface area contributed by atoms with Crippen LogP contribution in [0.25, 0.3) is 5.57 Å². The van der Waals surface area contributed by atoms with Crippen molar-refractivity contribution in [1.29, 1.82) is 0 Å². The third-order valence-corrected chi connectivity index (χ3v) is 3.98. The van der Waals surface area contributed by atoms with Crippen molar-refractivity contribution in [2.45, 2.75) is 19.9 Å². The van der Waals surface area contributed by atoms with Gasteiger partial charge in [0.1, 0.15) is 5.75 Å². The summed E-state index contributed by atoms with van der Waals surface area (Å²) < 4.78 is 5.22. The van der Waals surface area contributed by atoms with E-state index < -0.39 is 0 Å². The second kappa shape index (κ2) is 6.05. The van der Waals surface area contributed by atoms with E-state index in [4.69, 9.17) is 4.74 Å². The Kier molecular flexibility index (Phi) is 3.96. The quantitative estimate of drug-likeness (QED) is 0.885. The summed E-state index contributed by atoms with van der Waals surface area (Å²) in [7, 11) is 1.64. The van der Waals surface area contributed by atoms with Gasteiger partial charge in [-0.15, -0.1) is 0 Å². The van der Waals surface area contributed by atoms with Crippen LogP contribution in [-0.2, 0) is 17.8 Å². The Hall–Kier alpha value is -2.56. The average molecular weight is 297 g/mol. The van der Waals surface area contributed by atoms with E-state index in [0.717, 1.165) is 41.1 Å². The molecule has 2 aromatic rings. The molecular weight excluding hydrogens is 278 g/mol. The molecule has 0 atom stereocenters. The number of carbonyl (C=O) groups excluding carboxylic acids is 1. The molecule has 1 aromatic heterocycles. The lowest BCUT2D eigenvalue weighted by atomic mass is 10.1. The SMILES string of the molecule is COc1cccc(/C(C)=C/C(=O)N2CCc3[nH]ncc3C2)c1. The molecule has 1 aliphatic rings. The number of amides is 1. The Bertz CT molecular complexity index is 718. The molecule has 1 amide bonds. The van der Waals surface area contributed by atoms with Crippen LogP contribution in [0, 0.1) is 0 Å². The van der Waals surface area contributed by atoms with Crippen LogP contribution in [0.5, 0.6) is 5.75 Å². The number of allylic oxidation sites excluding steroid dienone is 1. The first-order chi connectivity index (χ1) is 10.7. The van der Waals surface area contributed by atoms with E-state index in [9.17, 15) is 4.79 Å². The van der Waals surface area contributed by atoms with Gasteiger partial charge in [0.2, 0.25) is 5.91 Å². The third-order valence-electron chi connectivity index (χ3n) is 3.98. The molecule has 0 aliphatic carbocycles. The van der Waals surface area contributed by atoms with Crippen molar-refractivity contribution in [2.24, 2.45) is 0 Å². The molecule has 5 nitrogen and oxygen atoms in total. The lowest BCUT2D eigenvalue weighted by molar-refractivity contribution is -0.126. The monoisotopic (exact) mass is 297 g/mol. The number of hydrogen-bond donors (Lipinski definition) is 1. The zero-order valence-electron chi connectivity index (χ0n) is 12.8. The van der Waals surface area contributed by atoms with Gasteiger partial charge in [0, 0.05) is 36.8 Å². The maximum absolute atomic E-state index is 12.5. The van der Waals surface area contributed by atoms with E-state index in [1.54, 1.807) is 19.4 Å². The molecule has 2 heterocycles. The normalized spacial score (nSPS) is 14.6. The number of carbonyl (C=O) groups is 1. The molecule has 0 spiro atoms. The Morgan fingerprint density at radius 2 is 2.32 bits per heavy atom. The van der Waals surface area contributed by atoms with Gasteiger partial charge in [-0.1, -0.05) is 12.1 Å². The average Bonchev–Trinajstić information content (AvgIpc) is 3.02. The molecule has 0 saturated heterocycles. The first-order valence-corrected chi connectivity index (χ1v) is 7.30. The second-order valence-corrected chi connectivity index (χ2v) is 5.44. The zero-order valence-corrected chi connectivity index (χ0v) is 12.8. The van der Waals surface area contributed by atoms with Crippen molar-refractivity contribution in [2.75, 3.05) is 13.7 Å². The van der Waals surface area contributed by atoms with Crippen LogP contribution in [0.1, 0.15) is 23.7 Å². The van der Waals surface area contributed by atoms with E-state index in [1.165, 1.54) is 0 Å². The number of ether oxygens (including phenoxy) is 1. The van der Waals surface area contributed by atoms with Crippen LogP contribution in [0.15, 0.2) is 36.5 Å². The Balaban J connectivity index is 1.75. The number of rotatable bonds is 3. The van der Waals surface area contributed by atoms with Crippen molar-refractivity contribution < 1.29 is 9.53 Å². The van der Waals surface area contributed by atoms with E-state index >= 15 is 0 Å². The van der Waals surface area contributed by atoms with Gasteiger partial charge in [0.05, 0.1) is 13.3 Å². The molecule has 114 valence electrons. The van der Waals surface area contributed by atoms with Gasteiger partial charge in [-0.2, -0.15) is 5.10 Å². The molecule has 0 radical (unpaired) electrons. The molecule has 1 N–H and O–H groups in total. The first-order valence-electron chi connectivity index (χ1n) is 7.30. The van der Waals surface area contributed by atoms with Gasteiger partial charge >= 0.3 is 0 Å². The summed E-state index contributed by atoms with van der Waals surface area (Å²) in [4.78, 5) is 14.3. The van der Waals surface area contributed by atoms with Crippen LogP contribution in [-0.4, -0.2) is 34.7 Å². The van der Waals surface area contributed by atoms with Crippen molar-refractivity contribution in [3.8, 4) is 5.75 Å². The highest BCUT2D eigenvalue weighted by Gasteiger charge is 2.20. The predicted octanol–water partition coefficient (Wildman–Crippen LogP) is 2.41. The topological polar surface area (TPSA) is 58.2 Å². The minimum absolute atomic E-state index is 0.0344. The Morgan fingerprint density at radius 1 is 1.45 bits per heavy atom. The number of nitrogens with one attached hydrogen (secondary N) is 1. The smallest absolute Gasteiger partial charge is 0.247 e. The minimum Gasteiger partial charge on any atom is -0.497 e. The van der Waals surface area contributed by atoms with E-state index in [2.05, 4.69) is 10.2 Å². The van der Waals surface area contributed by atoms with Crippen molar-refractivity contribution in [1.82, 2.24) is 15.1 Å². The summed E-state index contributed by atoms with van der Waals surface area (Å²) in [6.45, 7) is 3.28. The predicted molar refractivity (Wildman–Crippen MR) is 84.4 cm³/mol. The van der Waals surface area contributed by atoms with Crippen molar-refractivity contribution in [3.63, 3.8) is 0 Å². The van der Waals surface area contributed by atoms with Gasteiger partial charge < -0.3 is 9.64 Å². The zero-order chi connectivity index (χ0) is 15.5. The molecule has 5 heteroatoms. The van der Waals surface area contributed by atoms with Gasteiger partial charge in [-0.3, -0.25) is 9.89 Å². The summed E-state index contributed by atoms with van der Waals surface area (Å²) in [6, 6.07) is 7.73. The molecule has 0 fully saturated rings. The van der Waals surface area contributed by atoms with E-state index in [-0.39, 0.29) is 5.91 Å². The number of hydrogen-bond acceptors (Lipinski definition) is 3. The number of nitrogens with zero attached hydrogens (tertiary/aromatic N) is 2. The van der Waals surface area contributed by atoms with E-state index in [1.807, 2.05) is 36.1 Å². The number of aromatic amines is 1. The van der Waals surface area contributed by atoms with E-state index in [0.29, 0.717) is 6.54 Å². The highest BCUT2D eigenvalue weighted by molar-refractivity contribution is 5.95. The fourth-order valence-electron chi connectivity index (χ4n) is 2.64.